The van der Waals surface area contributed by atoms with Crippen molar-refractivity contribution >= 4 is 39.9 Å². The number of benzene rings is 1. The maximum Gasteiger partial charge on any atom is 0.249 e. The molecule has 0 N–H and O–H groups in total. The fraction of sp³-hybridized carbons (Fsp3) is 0.381. The van der Waals surface area contributed by atoms with Crippen molar-refractivity contribution in [3.8, 4) is 11.5 Å². The highest BCUT2D eigenvalue weighted by atomic mass is 35.5. The molecular weight excluding hydrogens is 438 g/mol. The smallest absolute Gasteiger partial charge is 0.249 e. The van der Waals surface area contributed by atoms with Crippen LogP contribution in [0.5, 0.6) is 0 Å². The van der Waals surface area contributed by atoms with Crippen LogP contribution >= 0.6 is 22.9 Å². The van der Waals surface area contributed by atoms with Crippen LogP contribution in [0.15, 0.2) is 34.1 Å². The standard InChI is InChI=1S/C21H22ClN5O3S/c1-2-9-26(12-17-24-25-20(30-17)15-6-3-4-7-16(15)22)19(29)11-14-13-31-21(23-14)27-10-5-8-18(27)28/h3-4,6-7,13H,2,5,8-12H2,1H3. The van der Waals surface area contributed by atoms with Crippen LogP contribution in [0, 0.1) is 0 Å². The Bertz CT molecular complexity index is 1080. The molecule has 4 rings (SSSR count). The Hall–Kier alpha value is -2.78. The number of halogens is 1. The van der Waals surface area contributed by atoms with E-state index in [0.29, 0.717) is 52.7 Å². The Morgan fingerprint density at radius 3 is 2.90 bits per heavy atom. The summed E-state index contributed by atoms with van der Waals surface area (Å²) in [4.78, 5) is 32.7. The Balaban J connectivity index is 1.43. The van der Waals surface area contributed by atoms with Gasteiger partial charge in [0.15, 0.2) is 5.13 Å². The fourth-order valence-electron chi connectivity index (χ4n) is 3.40. The van der Waals surface area contributed by atoms with Crippen molar-refractivity contribution in [1.29, 1.82) is 0 Å². The van der Waals surface area contributed by atoms with E-state index in [2.05, 4.69) is 15.2 Å². The molecule has 2 aromatic heterocycles. The minimum Gasteiger partial charge on any atom is -0.419 e. The van der Waals surface area contributed by atoms with Gasteiger partial charge in [-0.3, -0.25) is 14.5 Å². The molecule has 0 bridgehead atoms. The summed E-state index contributed by atoms with van der Waals surface area (Å²) in [5.74, 6) is 0.678. The van der Waals surface area contributed by atoms with Crippen LogP contribution in [-0.2, 0) is 22.6 Å². The quantitative estimate of drug-likeness (QED) is 0.506. The number of carbonyl (C=O) groups excluding carboxylic acids is 2. The van der Waals surface area contributed by atoms with E-state index in [1.807, 2.05) is 24.4 Å². The summed E-state index contributed by atoms with van der Waals surface area (Å²) >= 11 is 7.59. The van der Waals surface area contributed by atoms with Crippen molar-refractivity contribution in [2.75, 3.05) is 18.0 Å². The zero-order valence-electron chi connectivity index (χ0n) is 17.1. The molecule has 8 nitrogen and oxygen atoms in total. The van der Waals surface area contributed by atoms with E-state index in [1.54, 1.807) is 21.9 Å². The van der Waals surface area contributed by atoms with Crippen LogP contribution in [0.2, 0.25) is 5.02 Å². The van der Waals surface area contributed by atoms with Crippen LogP contribution in [0.4, 0.5) is 5.13 Å². The average molecular weight is 460 g/mol. The van der Waals surface area contributed by atoms with Gasteiger partial charge < -0.3 is 9.32 Å². The van der Waals surface area contributed by atoms with Gasteiger partial charge in [0, 0.05) is 24.9 Å². The molecule has 0 unspecified atom stereocenters. The second kappa shape index (κ2) is 9.57. The number of rotatable bonds is 8. The maximum absolute atomic E-state index is 12.9. The molecule has 0 aliphatic carbocycles. The van der Waals surface area contributed by atoms with E-state index in [-0.39, 0.29) is 24.8 Å². The lowest BCUT2D eigenvalue weighted by molar-refractivity contribution is -0.131. The third-order valence-corrected chi connectivity index (χ3v) is 6.16. The van der Waals surface area contributed by atoms with Gasteiger partial charge in [-0.15, -0.1) is 21.5 Å². The minimum atomic E-state index is -0.0797. The van der Waals surface area contributed by atoms with Crippen molar-refractivity contribution in [3.05, 3.63) is 46.3 Å². The molecule has 1 aliphatic rings. The number of anilines is 1. The van der Waals surface area contributed by atoms with Gasteiger partial charge >= 0.3 is 0 Å². The van der Waals surface area contributed by atoms with E-state index < -0.39 is 0 Å². The lowest BCUT2D eigenvalue weighted by Gasteiger charge is -2.19. The number of nitrogens with zero attached hydrogens (tertiary/aromatic N) is 5. The van der Waals surface area contributed by atoms with Gasteiger partial charge in [-0.05, 0) is 25.0 Å². The summed E-state index contributed by atoms with van der Waals surface area (Å²) in [6.45, 7) is 3.46. The molecule has 0 radical (unpaired) electrons. The summed E-state index contributed by atoms with van der Waals surface area (Å²) in [7, 11) is 0. The van der Waals surface area contributed by atoms with Gasteiger partial charge in [0.25, 0.3) is 0 Å². The van der Waals surface area contributed by atoms with Gasteiger partial charge in [0.1, 0.15) is 0 Å². The van der Waals surface area contributed by atoms with Crippen molar-refractivity contribution in [1.82, 2.24) is 20.1 Å². The zero-order valence-corrected chi connectivity index (χ0v) is 18.7. The first-order valence-corrected chi connectivity index (χ1v) is 11.4. The van der Waals surface area contributed by atoms with Crippen LogP contribution < -0.4 is 4.90 Å². The van der Waals surface area contributed by atoms with Gasteiger partial charge in [-0.25, -0.2) is 4.98 Å². The summed E-state index contributed by atoms with van der Waals surface area (Å²) in [6.07, 6.45) is 2.35. The predicted molar refractivity (Wildman–Crippen MR) is 118 cm³/mol. The topological polar surface area (TPSA) is 92.4 Å². The van der Waals surface area contributed by atoms with Gasteiger partial charge in [0.05, 0.1) is 29.2 Å². The van der Waals surface area contributed by atoms with Crippen molar-refractivity contribution in [2.45, 2.75) is 39.2 Å². The highest BCUT2D eigenvalue weighted by molar-refractivity contribution is 7.14. The largest absolute Gasteiger partial charge is 0.419 e. The number of hydrogen-bond donors (Lipinski definition) is 0. The molecule has 1 fully saturated rings. The van der Waals surface area contributed by atoms with E-state index in [4.69, 9.17) is 16.0 Å². The number of aromatic nitrogens is 3. The lowest BCUT2D eigenvalue weighted by atomic mass is 10.2. The summed E-state index contributed by atoms with van der Waals surface area (Å²) in [6, 6.07) is 7.23. The summed E-state index contributed by atoms with van der Waals surface area (Å²) in [5, 5.41) is 11.2. The van der Waals surface area contributed by atoms with Gasteiger partial charge in [0.2, 0.25) is 23.6 Å². The molecule has 3 aromatic rings. The highest BCUT2D eigenvalue weighted by Gasteiger charge is 2.25. The van der Waals surface area contributed by atoms with Crippen LogP contribution in [0.3, 0.4) is 0 Å². The number of thiazole rings is 1. The molecule has 10 heteroatoms. The predicted octanol–water partition coefficient (Wildman–Crippen LogP) is 3.95. The van der Waals surface area contributed by atoms with Crippen LogP contribution in [-0.4, -0.2) is 45.0 Å². The van der Waals surface area contributed by atoms with Crippen LogP contribution in [0.25, 0.3) is 11.5 Å². The lowest BCUT2D eigenvalue weighted by Crippen LogP contribution is -2.32. The first kappa shape index (κ1) is 21.5. The number of amides is 2. The normalized spacial score (nSPS) is 13.7. The fourth-order valence-corrected chi connectivity index (χ4v) is 4.49. The second-order valence-electron chi connectivity index (χ2n) is 7.24. The first-order chi connectivity index (χ1) is 15.0. The zero-order chi connectivity index (χ0) is 21.8. The molecule has 1 aromatic carbocycles. The molecule has 31 heavy (non-hydrogen) atoms. The van der Waals surface area contributed by atoms with E-state index in [9.17, 15) is 9.59 Å². The average Bonchev–Trinajstić information content (AvgIpc) is 3.49. The van der Waals surface area contributed by atoms with Crippen LogP contribution in [0.1, 0.15) is 37.8 Å². The van der Waals surface area contributed by atoms with Crippen molar-refractivity contribution < 1.29 is 14.0 Å². The second-order valence-corrected chi connectivity index (χ2v) is 8.49. The maximum atomic E-state index is 12.9. The Morgan fingerprint density at radius 2 is 2.16 bits per heavy atom. The third-order valence-electron chi connectivity index (χ3n) is 4.92. The number of carbonyl (C=O) groups is 2. The Kier molecular flexibility index (Phi) is 6.62. The van der Waals surface area contributed by atoms with Crippen molar-refractivity contribution in [3.63, 3.8) is 0 Å². The van der Waals surface area contributed by atoms with Gasteiger partial charge in [-0.1, -0.05) is 30.7 Å². The Labute approximate surface area is 188 Å². The van der Waals surface area contributed by atoms with E-state index in [1.165, 1.54) is 11.3 Å². The van der Waals surface area contributed by atoms with E-state index in [0.717, 1.165) is 12.8 Å². The third kappa shape index (κ3) is 4.94. The van der Waals surface area contributed by atoms with Crippen molar-refractivity contribution in [2.24, 2.45) is 0 Å². The molecule has 3 heterocycles. The molecule has 0 atom stereocenters. The summed E-state index contributed by atoms with van der Waals surface area (Å²) < 4.78 is 5.75. The SMILES string of the molecule is CCCN(Cc1nnc(-c2ccccc2Cl)o1)C(=O)Cc1csc(N2CCCC2=O)n1. The molecule has 1 aliphatic heterocycles. The summed E-state index contributed by atoms with van der Waals surface area (Å²) in [5.41, 5.74) is 1.32. The molecule has 162 valence electrons. The van der Waals surface area contributed by atoms with Gasteiger partial charge in [-0.2, -0.15) is 0 Å². The first-order valence-electron chi connectivity index (χ1n) is 10.1. The molecule has 0 saturated carbocycles. The minimum absolute atomic E-state index is 0.0797. The molecule has 1 saturated heterocycles. The monoisotopic (exact) mass is 459 g/mol. The molecule has 0 spiro atoms. The van der Waals surface area contributed by atoms with E-state index >= 15 is 0 Å². The molecule has 2 amide bonds. The highest BCUT2D eigenvalue weighted by Crippen LogP contribution is 2.27. The molecular formula is C21H22ClN5O3S. The number of hydrogen-bond acceptors (Lipinski definition) is 7. The Morgan fingerprint density at radius 1 is 1.32 bits per heavy atom.